The third kappa shape index (κ3) is 1.61. The van der Waals surface area contributed by atoms with Crippen molar-refractivity contribution in [3.63, 3.8) is 0 Å². The highest BCUT2D eigenvalue weighted by Crippen LogP contribution is 2.45. The van der Waals surface area contributed by atoms with E-state index < -0.39 is 0 Å². The van der Waals surface area contributed by atoms with Crippen LogP contribution in [-0.4, -0.2) is 0 Å². The van der Waals surface area contributed by atoms with Crippen LogP contribution in [0.2, 0.25) is 0 Å². The zero-order valence-corrected chi connectivity index (χ0v) is 12.9. The van der Waals surface area contributed by atoms with Crippen molar-refractivity contribution in [3.05, 3.63) is 55.5 Å². The molecular weight excluding hydrogens is 340 g/mol. The Bertz CT molecular complexity index is 627. The number of halogens is 2. The largest absolute Gasteiger partial charge is 0.0617 e. The van der Waals surface area contributed by atoms with E-state index in [9.17, 15) is 0 Å². The maximum Gasteiger partial charge on any atom is 0.0353 e. The normalized spacial score (nSPS) is 12.5. The summed E-state index contributed by atoms with van der Waals surface area (Å²) in [6.07, 6.45) is 1.05. The summed E-state index contributed by atoms with van der Waals surface area (Å²) >= 11 is 7.28. The molecule has 0 amide bonds. The first-order chi connectivity index (χ1) is 8.09. The average molecular weight is 352 g/mol. The lowest BCUT2D eigenvalue weighted by Gasteiger charge is -2.11. The van der Waals surface area contributed by atoms with Crippen molar-refractivity contribution in [2.45, 2.75) is 20.3 Å². The quantitative estimate of drug-likeness (QED) is 0.508. The van der Waals surface area contributed by atoms with Crippen molar-refractivity contribution in [1.29, 1.82) is 0 Å². The first-order valence-electron chi connectivity index (χ1n) is 5.66. The second-order valence-corrected chi connectivity index (χ2v) is 6.26. The lowest BCUT2D eigenvalue weighted by molar-refractivity contribution is 1.24. The molecule has 86 valence electrons. The summed E-state index contributed by atoms with van der Waals surface area (Å²) in [4.78, 5) is 0. The third-order valence-electron chi connectivity index (χ3n) is 3.53. The Morgan fingerprint density at radius 2 is 1.76 bits per heavy atom. The summed E-state index contributed by atoms with van der Waals surface area (Å²) in [5, 5.41) is 0. The number of benzene rings is 2. The summed E-state index contributed by atoms with van der Waals surface area (Å²) in [7, 11) is 0. The minimum Gasteiger partial charge on any atom is -0.0617 e. The number of fused-ring (bicyclic) bond motifs is 3. The summed E-state index contributed by atoms with van der Waals surface area (Å²) in [6, 6.07) is 8.83. The molecule has 0 saturated carbocycles. The molecule has 0 spiro atoms. The monoisotopic (exact) mass is 350 g/mol. The zero-order valence-electron chi connectivity index (χ0n) is 9.77. The van der Waals surface area contributed by atoms with E-state index in [0.29, 0.717) is 0 Å². The highest BCUT2D eigenvalue weighted by Gasteiger charge is 2.23. The van der Waals surface area contributed by atoms with Crippen LogP contribution in [0.1, 0.15) is 22.3 Å². The second kappa shape index (κ2) is 3.96. The first-order valence-corrected chi connectivity index (χ1v) is 7.24. The van der Waals surface area contributed by atoms with E-state index in [1.165, 1.54) is 37.9 Å². The molecule has 0 atom stereocenters. The summed E-state index contributed by atoms with van der Waals surface area (Å²) in [6.45, 7) is 4.39. The Hall–Kier alpha value is -0.600. The van der Waals surface area contributed by atoms with Crippen molar-refractivity contribution in [1.82, 2.24) is 0 Å². The minimum atomic E-state index is 1.05. The molecule has 1 aliphatic rings. The van der Waals surface area contributed by atoms with Crippen molar-refractivity contribution in [3.8, 4) is 11.1 Å². The van der Waals surface area contributed by atoms with Crippen LogP contribution in [0.15, 0.2) is 33.2 Å². The van der Waals surface area contributed by atoms with Gasteiger partial charge in [0.05, 0.1) is 0 Å². The van der Waals surface area contributed by atoms with Crippen LogP contribution in [0.25, 0.3) is 11.1 Å². The number of hydrogen-bond acceptors (Lipinski definition) is 0. The number of rotatable bonds is 0. The van der Waals surface area contributed by atoms with E-state index in [4.69, 9.17) is 0 Å². The van der Waals surface area contributed by atoms with Gasteiger partial charge in [-0.25, -0.2) is 0 Å². The molecule has 0 aliphatic heterocycles. The predicted octanol–water partition coefficient (Wildman–Crippen LogP) is 5.40. The van der Waals surface area contributed by atoms with Gasteiger partial charge in [0.2, 0.25) is 0 Å². The Morgan fingerprint density at radius 3 is 2.53 bits per heavy atom. The van der Waals surface area contributed by atoms with E-state index >= 15 is 0 Å². The predicted molar refractivity (Wildman–Crippen MR) is 79.6 cm³/mol. The van der Waals surface area contributed by atoms with Gasteiger partial charge in [-0.05, 0) is 91.6 Å². The molecule has 0 nitrogen and oxygen atoms in total. The highest BCUT2D eigenvalue weighted by molar-refractivity contribution is 9.13. The molecule has 0 heterocycles. The second-order valence-electron chi connectivity index (χ2n) is 4.62. The molecular formula is C15H12Br2. The fraction of sp³-hybridized carbons (Fsp3) is 0.200. The van der Waals surface area contributed by atoms with Crippen LogP contribution in [0.5, 0.6) is 0 Å². The van der Waals surface area contributed by atoms with Gasteiger partial charge >= 0.3 is 0 Å². The summed E-state index contributed by atoms with van der Waals surface area (Å²) in [5.41, 5.74) is 8.46. The summed E-state index contributed by atoms with van der Waals surface area (Å²) in [5.74, 6) is 0. The van der Waals surface area contributed by atoms with E-state index in [1.807, 2.05) is 0 Å². The highest BCUT2D eigenvalue weighted by atomic mass is 79.9. The Kier molecular flexibility index (Phi) is 2.68. The smallest absolute Gasteiger partial charge is 0.0353 e. The fourth-order valence-corrected chi connectivity index (χ4v) is 3.63. The van der Waals surface area contributed by atoms with Crippen molar-refractivity contribution >= 4 is 31.9 Å². The maximum atomic E-state index is 3.66. The van der Waals surface area contributed by atoms with Gasteiger partial charge in [-0.15, -0.1) is 0 Å². The fourth-order valence-electron chi connectivity index (χ4n) is 2.74. The van der Waals surface area contributed by atoms with E-state index in [0.717, 1.165) is 10.9 Å². The van der Waals surface area contributed by atoms with Gasteiger partial charge in [0.1, 0.15) is 0 Å². The maximum absolute atomic E-state index is 3.66. The minimum absolute atomic E-state index is 1.05. The van der Waals surface area contributed by atoms with Gasteiger partial charge in [-0.3, -0.25) is 0 Å². The summed E-state index contributed by atoms with van der Waals surface area (Å²) < 4.78 is 2.33. The van der Waals surface area contributed by atoms with Gasteiger partial charge in [0.15, 0.2) is 0 Å². The topological polar surface area (TPSA) is 0 Å². The molecule has 2 aromatic rings. The molecule has 0 saturated heterocycles. The molecule has 0 N–H and O–H groups in total. The molecule has 0 aromatic heterocycles. The average Bonchev–Trinajstić information content (AvgIpc) is 2.65. The zero-order chi connectivity index (χ0) is 12.2. The molecule has 0 fully saturated rings. The Morgan fingerprint density at radius 1 is 1.00 bits per heavy atom. The third-order valence-corrected chi connectivity index (χ3v) is 5.71. The number of aryl methyl sites for hydroxylation is 1. The van der Waals surface area contributed by atoms with Crippen LogP contribution >= 0.6 is 31.9 Å². The molecule has 0 radical (unpaired) electrons. The molecule has 17 heavy (non-hydrogen) atoms. The van der Waals surface area contributed by atoms with Gasteiger partial charge in [0, 0.05) is 8.95 Å². The van der Waals surface area contributed by atoms with Crippen molar-refractivity contribution < 1.29 is 0 Å². The first kappa shape index (κ1) is 11.5. The van der Waals surface area contributed by atoms with E-state index in [2.05, 4.69) is 70.0 Å². The van der Waals surface area contributed by atoms with E-state index in [1.54, 1.807) is 0 Å². The van der Waals surface area contributed by atoms with Gasteiger partial charge < -0.3 is 0 Å². The number of hydrogen-bond donors (Lipinski definition) is 0. The van der Waals surface area contributed by atoms with Gasteiger partial charge in [-0.2, -0.15) is 0 Å². The lowest BCUT2D eigenvalue weighted by atomic mass is 9.97. The SMILES string of the molecule is Cc1cccc2c1-c1c(cc(Br)c(Br)c1C)C2. The molecule has 1 aliphatic carbocycles. The van der Waals surface area contributed by atoms with Crippen LogP contribution in [0.4, 0.5) is 0 Å². The molecule has 3 rings (SSSR count). The molecule has 2 aromatic carbocycles. The van der Waals surface area contributed by atoms with Crippen molar-refractivity contribution in [2.24, 2.45) is 0 Å². The van der Waals surface area contributed by atoms with Gasteiger partial charge in [-0.1, -0.05) is 18.2 Å². The molecule has 2 heteroatoms. The molecule has 0 bridgehead atoms. The lowest BCUT2D eigenvalue weighted by Crippen LogP contribution is -1.89. The Labute approximate surface area is 118 Å². The van der Waals surface area contributed by atoms with Crippen LogP contribution in [0.3, 0.4) is 0 Å². The van der Waals surface area contributed by atoms with Crippen LogP contribution < -0.4 is 0 Å². The Balaban J connectivity index is 2.39. The standard InChI is InChI=1S/C15H12Br2/c1-8-4-3-5-10-6-11-7-12(16)15(17)9(2)14(11)13(8)10/h3-5,7H,6H2,1-2H3. The van der Waals surface area contributed by atoms with Crippen LogP contribution in [0, 0.1) is 13.8 Å². The van der Waals surface area contributed by atoms with Crippen LogP contribution in [-0.2, 0) is 6.42 Å². The van der Waals surface area contributed by atoms with E-state index in [-0.39, 0.29) is 0 Å². The van der Waals surface area contributed by atoms with Crippen molar-refractivity contribution in [2.75, 3.05) is 0 Å². The molecule has 0 unspecified atom stereocenters. The van der Waals surface area contributed by atoms with Gasteiger partial charge in [0.25, 0.3) is 0 Å².